The number of alkyl halides is 3. The zero-order valence-electron chi connectivity index (χ0n) is 13.3. The van der Waals surface area contributed by atoms with Crippen molar-refractivity contribution in [2.75, 3.05) is 5.43 Å². The van der Waals surface area contributed by atoms with Gasteiger partial charge in [-0.2, -0.15) is 18.3 Å². The lowest BCUT2D eigenvalue weighted by molar-refractivity contribution is -0.136. The molecule has 0 aliphatic carbocycles. The molecule has 0 bridgehead atoms. The second kappa shape index (κ2) is 6.44. The van der Waals surface area contributed by atoms with E-state index in [0.717, 1.165) is 11.6 Å². The number of para-hydroxylation sites is 1. The number of benzene rings is 2. The van der Waals surface area contributed by atoms with E-state index in [1.807, 2.05) is 24.3 Å². The number of halogens is 3. The topological polar surface area (TPSA) is 24.4 Å². The van der Waals surface area contributed by atoms with Crippen LogP contribution in [-0.2, 0) is 11.6 Å². The van der Waals surface area contributed by atoms with E-state index in [1.54, 1.807) is 0 Å². The van der Waals surface area contributed by atoms with Crippen molar-refractivity contribution >= 4 is 11.9 Å². The largest absolute Gasteiger partial charge is 0.418 e. The summed E-state index contributed by atoms with van der Waals surface area (Å²) in [6, 6.07) is 13.0. The van der Waals surface area contributed by atoms with Crippen LogP contribution in [0, 0.1) is 0 Å². The maximum absolute atomic E-state index is 12.9. The molecule has 2 nitrogen and oxygen atoms in total. The van der Waals surface area contributed by atoms with Crippen molar-refractivity contribution in [1.82, 2.24) is 0 Å². The molecule has 0 radical (unpaired) electrons. The molecule has 0 aliphatic rings. The van der Waals surface area contributed by atoms with E-state index >= 15 is 0 Å². The number of nitrogens with one attached hydrogen (secondary N) is 1. The highest BCUT2D eigenvalue weighted by molar-refractivity contribution is 5.80. The van der Waals surface area contributed by atoms with E-state index < -0.39 is 11.7 Å². The average Bonchev–Trinajstić information content (AvgIpc) is 2.46. The molecule has 2 aromatic carbocycles. The summed E-state index contributed by atoms with van der Waals surface area (Å²) in [4.78, 5) is 0. The van der Waals surface area contributed by atoms with E-state index in [-0.39, 0.29) is 11.1 Å². The van der Waals surface area contributed by atoms with Crippen molar-refractivity contribution in [3.8, 4) is 0 Å². The van der Waals surface area contributed by atoms with Gasteiger partial charge < -0.3 is 0 Å². The molecule has 0 saturated carbocycles. The molecule has 2 aromatic rings. The lowest BCUT2D eigenvalue weighted by Crippen LogP contribution is -2.10. The molecule has 0 atom stereocenters. The van der Waals surface area contributed by atoms with Crippen molar-refractivity contribution in [3.05, 3.63) is 65.2 Å². The molecule has 1 N–H and O–H groups in total. The van der Waals surface area contributed by atoms with Gasteiger partial charge in [-0.3, -0.25) is 5.43 Å². The molecule has 23 heavy (non-hydrogen) atoms. The summed E-state index contributed by atoms with van der Waals surface area (Å²) >= 11 is 0. The van der Waals surface area contributed by atoms with Gasteiger partial charge in [0.25, 0.3) is 0 Å². The molecule has 0 amide bonds. The summed E-state index contributed by atoms with van der Waals surface area (Å²) in [5, 5.41) is 3.90. The third-order valence-electron chi connectivity index (χ3n) is 3.41. The maximum Gasteiger partial charge on any atom is 0.418 e. The molecule has 0 fully saturated rings. The fourth-order valence-electron chi connectivity index (χ4n) is 2.07. The molecule has 0 heterocycles. The quantitative estimate of drug-likeness (QED) is 0.590. The van der Waals surface area contributed by atoms with Crippen molar-refractivity contribution in [2.24, 2.45) is 5.10 Å². The van der Waals surface area contributed by atoms with Gasteiger partial charge in [-0.15, -0.1) is 0 Å². The average molecular weight is 320 g/mol. The van der Waals surface area contributed by atoms with Crippen LogP contribution in [0.1, 0.15) is 37.5 Å². The first-order valence-electron chi connectivity index (χ1n) is 7.24. The van der Waals surface area contributed by atoms with Gasteiger partial charge in [0, 0.05) is 0 Å². The predicted molar refractivity (Wildman–Crippen MR) is 87.8 cm³/mol. The first kappa shape index (κ1) is 17.1. The third-order valence-corrected chi connectivity index (χ3v) is 3.41. The van der Waals surface area contributed by atoms with Gasteiger partial charge in [0.2, 0.25) is 0 Å². The Morgan fingerprint density at radius 3 is 2.09 bits per heavy atom. The normalized spacial score (nSPS) is 12.6. The van der Waals surface area contributed by atoms with Crippen LogP contribution in [0.2, 0.25) is 0 Å². The van der Waals surface area contributed by atoms with Crippen LogP contribution in [0.4, 0.5) is 18.9 Å². The third kappa shape index (κ3) is 4.58. The molecular weight excluding hydrogens is 301 g/mol. The molecule has 2 rings (SSSR count). The molecule has 0 saturated heterocycles. The minimum Gasteiger partial charge on any atom is -0.278 e. The Kier molecular flexibility index (Phi) is 4.78. The summed E-state index contributed by atoms with van der Waals surface area (Å²) in [5.74, 6) is 0. The van der Waals surface area contributed by atoms with Crippen molar-refractivity contribution in [2.45, 2.75) is 32.4 Å². The van der Waals surface area contributed by atoms with Crippen molar-refractivity contribution < 1.29 is 13.2 Å². The van der Waals surface area contributed by atoms with E-state index in [0.29, 0.717) is 0 Å². The second-order valence-electron chi connectivity index (χ2n) is 6.29. The van der Waals surface area contributed by atoms with Gasteiger partial charge in [0.05, 0.1) is 17.5 Å². The Balaban J connectivity index is 2.11. The lowest BCUT2D eigenvalue weighted by Gasteiger charge is -2.18. The predicted octanol–water partition coefficient (Wildman–Crippen LogP) is 5.45. The van der Waals surface area contributed by atoms with Crippen LogP contribution in [0.5, 0.6) is 0 Å². The monoisotopic (exact) mass is 320 g/mol. The molecule has 0 spiro atoms. The number of hydrazone groups is 1. The number of rotatable bonds is 3. The standard InChI is InChI=1S/C18H19F3N2/c1-17(2,3)14-10-8-13(9-11-14)12-22-23-16-7-5-4-6-15(16)18(19,20)21/h4-12,23H,1-3H3. The first-order chi connectivity index (χ1) is 10.7. The zero-order valence-corrected chi connectivity index (χ0v) is 13.3. The van der Waals surface area contributed by atoms with E-state index in [1.165, 1.54) is 30.0 Å². The molecule has 5 heteroatoms. The Morgan fingerprint density at radius 2 is 1.52 bits per heavy atom. The Hall–Kier alpha value is -2.30. The summed E-state index contributed by atoms with van der Waals surface area (Å²) < 4.78 is 38.6. The van der Waals surface area contributed by atoms with Crippen LogP contribution in [0.15, 0.2) is 53.6 Å². The summed E-state index contributed by atoms with van der Waals surface area (Å²) in [6.45, 7) is 6.35. The Morgan fingerprint density at radius 1 is 0.913 bits per heavy atom. The fourth-order valence-corrected chi connectivity index (χ4v) is 2.07. The summed E-state index contributed by atoms with van der Waals surface area (Å²) in [5.41, 5.74) is 3.71. The number of hydrogen-bond donors (Lipinski definition) is 1. The van der Waals surface area contributed by atoms with Crippen LogP contribution >= 0.6 is 0 Å². The SMILES string of the molecule is CC(C)(C)c1ccc(C=NNc2ccccc2C(F)(F)F)cc1. The van der Waals surface area contributed by atoms with Gasteiger partial charge in [0.1, 0.15) is 0 Å². The molecule has 0 aromatic heterocycles. The van der Waals surface area contributed by atoms with E-state index in [9.17, 15) is 13.2 Å². The van der Waals surface area contributed by atoms with Gasteiger partial charge in [-0.1, -0.05) is 57.2 Å². The highest BCUT2D eigenvalue weighted by Crippen LogP contribution is 2.34. The van der Waals surface area contributed by atoms with Crippen molar-refractivity contribution in [3.63, 3.8) is 0 Å². The summed E-state index contributed by atoms with van der Waals surface area (Å²) in [7, 11) is 0. The summed E-state index contributed by atoms with van der Waals surface area (Å²) in [6.07, 6.45) is -2.91. The van der Waals surface area contributed by atoms with Crippen LogP contribution in [0.3, 0.4) is 0 Å². The molecule has 0 aliphatic heterocycles. The van der Waals surface area contributed by atoms with Crippen molar-refractivity contribution in [1.29, 1.82) is 0 Å². The fraction of sp³-hybridized carbons (Fsp3) is 0.278. The smallest absolute Gasteiger partial charge is 0.278 e. The van der Waals surface area contributed by atoms with Gasteiger partial charge in [-0.25, -0.2) is 0 Å². The van der Waals surface area contributed by atoms with Gasteiger partial charge >= 0.3 is 6.18 Å². The number of nitrogens with zero attached hydrogens (tertiary/aromatic N) is 1. The van der Waals surface area contributed by atoms with Gasteiger partial charge in [-0.05, 0) is 28.7 Å². The van der Waals surface area contributed by atoms with E-state index in [4.69, 9.17) is 0 Å². The number of hydrogen-bond acceptors (Lipinski definition) is 2. The maximum atomic E-state index is 12.9. The van der Waals surface area contributed by atoms with E-state index in [2.05, 4.69) is 31.3 Å². The molecular formula is C18H19F3N2. The molecule has 122 valence electrons. The lowest BCUT2D eigenvalue weighted by atomic mass is 9.87. The Labute approximate surface area is 134 Å². The zero-order chi connectivity index (χ0) is 17.1. The number of anilines is 1. The Bertz CT molecular complexity index is 681. The molecule has 0 unspecified atom stereocenters. The highest BCUT2D eigenvalue weighted by atomic mass is 19.4. The van der Waals surface area contributed by atoms with Crippen LogP contribution in [-0.4, -0.2) is 6.21 Å². The minimum atomic E-state index is -4.41. The second-order valence-corrected chi connectivity index (χ2v) is 6.29. The van der Waals surface area contributed by atoms with Crippen LogP contribution in [0.25, 0.3) is 0 Å². The van der Waals surface area contributed by atoms with Crippen LogP contribution < -0.4 is 5.43 Å². The minimum absolute atomic E-state index is 0.0551. The van der Waals surface area contributed by atoms with Gasteiger partial charge in [0.15, 0.2) is 0 Å². The first-order valence-corrected chi connectivity index (χ1v) is 7.24. The highest BCUT2D eigenvalue weighted by Gasteiger charge is 2.33.